The van der Waals surface area contributed by atoms with Crippen LogP contribution in [0, 0.1) is 13.8 Å². The summed E-state index contributed by atoms with van der Waals surface area (Å²) >= 11 is 0. The van der Waals surface area contributed by atoms with Gasteiger partial charge in [0.25, 0.3) is 11.7 Å². The number of carbonyl (C=O) groups excluding carboxylic acids is 2. The molecule has 0 bridgehead atoms. The van der Waals surface area contributed by atoms with Gasteiger partial charge in [-0.2, -0.15) is 0 Å². The Kier molecular flexibility index (Phi) is 7.55. The summed E-state index contributed by atoms with van der Waals surface area (Å²) in [5, 5.41) is 2.79. The molecule has 0 spiro atoms. The molecule has 1 N–H and O–H groups in total. The summed E-state index contributed by atoms with van der Waals surface area (Å²) in [5.41, 5.74) is 6.83. The molecule has 0 fully saturated rings. The SMILES string of the molecule is Cc1cc(C)nc(N(C)CCCc2ccc(NC(=O)C(=O)c3c(-c4ccccc4)cc4ccccn34)cc2)c1. The first-order valence-electron chi connectivity index (χ1n) is 13.2. The van der Waals surface area contributed by atoms with Crippen LogP contribution in [-0.4, -0.2) is 34.7 Å². The third-order valence-electron chi connectivity index (χ3n) is 6.83. The van der Waals surface area contributed by atoms with Crippen LogP contribution in [0.4, 0.5) is 11.5 Å². The Morgan fingerprint density at radius 2 is 1.64 bits per heavy atom. The monoisotopic (exact) mass is 516 g/mol. The first-order chi connectivity index (χ1) is 18.9. The van der Waals surface area contributed by atoms with Gasteiger partial charge < -0.3 is 14.6 Å². The molecule has 5 rings (SSSR count). The number of fused-ring (bicyclic) bond motifs is 1. The second-order valence-corrected chi connectivity index (χ2v) is 9.92. The van der Waals surface area contributed by atoms with Crippen molar-refractivity contribution in [3.63, 3.8) is 0 Å². The van der Waals surface area contributed by atoms with Crippen molar-refractivity contribution in [3.05, 3.63) is 120 Å². The number of hydrogen-bond acceptors (Lipinski definition) is 4. The molecule has 0 atom stereocenters. The molecule has 39 heavy (non-hydrogen) atoms. The van der Waals surface area contributed by atoms with Crippen molar-refractivity contribution in [2.24, 2.45) is 0 Å². The molecule has 0 aliphatic rings. The van der Waals surface area contributed by atoms with E-state index in [0.717, 1.165) is 47.5 Å². The summed E-state index contributed by atoms with van der Waals surface area (Å²) in [6.45, 7) is 4.99. The Morgan fingerprint density at radius 3 is 2.38 bits per heavy atom. The van der Waals surface area contributed by atoms with Gasteiger partial charge in [-0.3, -0.25) is 9.59 Å². The van der Waals surface area contributed by atoms with E-state index in [1.165, 1.54) is 11.1 Å². The van der Waals surface area contributed by atoms with Gasteiger partial charge in [0, 0.05) is 42.3 Å². The van der Waals surface area contributed by atoms with E-state index in [-0.39, 0.29) is 0 Å². The van der Waals surface area contributed by atoms with Crippen LogP contribution in [0.15, 0.2) is 97.2 Å². The minimum atomic E-state index is -0.661. The molecule has 1 amide bonds. The molecule has 196 valence electrons. The van der Waals surface area contributed by atoms with Crippen LogP contribution < -0.4 is 10.2 Å². The zero-order chi connectivity index (χ0) is 27.4. The first-order valence-corrected chi connectivity index (χ1v) is 13.2. The lowest BCUT2D eigenvalue weighted by Crippen LogP contribution is -2.24. The standard InChI is InChI=1S/C33H32N4O2/c1-23-20-24(2)34-30(21-23)36(3)18-9-10-25-14-16-27(17-15-25)35-33(39)32(38)31-29(26-11-5-4-6-12-26)22-28-13-7-8-19-37(28)31/h4-8,11-17,19-22H,9-10,18H2,1-3H3,(H,35,39). The molecular weight excluding hydrogens is 484 g/mol. The van der Waals surface area contributed by atoms with Gasteiger partial charge in [-0.15, -0.1) is 0 Å². The maximum absolute atomic E-state index is 13.4. The second-order valence-electron chi connectivity index (χ2n) is 9.92. The number of rotatable bonds is 9. The van der Waals surface area contributed by atoms with Crippen LogP contribution in [-0.2, 0) is 11.2 Å². The van der Waals surface area contributed by atoms with E-state index >= 15 is 0 Å². The average molecular weight is 517 g/mol. The molecular formula is C33H32N4O2. The molecule has 6 nitrogen and oxygen atoms in total. The third kappa shape index (κ3) is 5.91. The van der Waals surface area contributed by atoms with Crippen LogP contribution in [0.25, 0.3) is 16.6 Å². The molecule has 2 aromatic carbocycles. The summed E-state index contributed by atoms with van der Waals surface area (Å²) in [5.74, 6) is -0.250. The number of benzene rings is 2. The number of nitrogens with zero attached hydrogens (tertiary/aromatic N) is 3. The summed E-state index contributed by atoms with van der Waals surface area (Å²) in [4.78, 5) is 33.3. The fourth-order valence-corrected chi connectivity index (χ4v) is 4.89. The van der Waals surface area contributed by atoms with E-state index < -0.39 is 11.7 Å². The van der Waals surface area contributed by atoms with Crippen molar-refractivity contribution >= 4 is 28.7 Å². The van der Waals surface area contributed by atoms with Crippen molar-refractivity contribution in [1.82, 2.24) is 9.38 Å². The fraction of sp³-hybridized carbons (Fsp3) is 0.182. The molecule has 0 saturated heterocycles. The van der Waals surface area contributed by atoms with Crippen molar-refractivity contribution in [2.75, 3.05) is 23.8 Å². The van der Waals surface area contributed by atoms with E-state index in [1.54, 1.807) is 4.40 Å². The average Bonchev–Trinajstić information content (AvgIpc) is 3.33. The van der Waals surface area contributed by atoms with E-state index in [4.69, 9.17) is 0 Å². The van der Waals surface area contributed by atoms with E-state index in [2.05, 4.69) is 41.3 Å². The lowest BCUT2D eigenvalue weighted by molar-refractivity contribution is -0.112. The number of hydrogen-bond donors (Lipinski definition) is 1. The predicted molar refractivity (Wildman–Crippen MR) is 158 cm³/mol. The Hall–Kier alpha value is -4.71. The molecule has 3 aromatic heterocycles. The van der Waals surface area contributed by atoms with Gasteiger partial charge in [-0.25, -0.2) is 4.98 Å². The van der Waals surface area contributed by atoms with Crippen LogP contribution in [0.3, 0.4) is 0 Å². The summed E-state index contributed by atoms with van der Waals surface area (Å²) in [6.07, 6.45) is 3.68. The maximum Gasteiger partial charge on any atom is 0.298 e. The normalized spacial score (nSPS) is 10.9. The summed E-state index contributed by atoms with van der Waals surface area (Å²) < 4.78 is 1.78. The minimum Gasteiger partial charge on any atom is -0.360 e. The summed E-state index contributed by atoms with van der Waals surface area (Å²) in [6, 6.07) is 29.2. The highest BCUT2D eigenvalue weighted by molar-refractivity contribution is 6.47. The number of carbonyl (C=O) groups is 2. The van der Waals surface area contributed by atoms with Crippen molar-refractivity contribution < 1.29 is 9.59 Å². The highest BCUT2D eigenvalue weighted by atomic mass is 16.2. The van der Waals surface area contributed by atoms with Crippen molar-refractivity contribution in [1.29, 1.82) is 0 Å². The number of amides is 1. The molecule has 0 aliphatic heterocycles. The van der Waals surface area contributed by atoms with Crippen LogP contribution >= 0.6 is 0 Å². The van der Waals surface area contributed by atoms with Gasteiger partial charge in [0.15, 0.2) is 0 Å². The van der Waals surface area contributed by atoms with Gasteiger partial charge in [0.1, 0.15) is 11.5 Å². The van der Waals surface area contributed by atoms with Crippen molar-refractivity contribution in [2.45, 2.75) is 26.7 Å². The predicted octanol–water partition coefficient (Wildman–Crippen LogP) is 6.51. The molecule has 0 saturated carbocycles. The molecule has 0 radical (unpaired) electrons. The van der Waals surface area contributed by atoms with E-state index in [1.807, 2.05) is 92.0 Å². The Balaban J connectivity index is 1.24. The van der Waals surface area contributed by atoms with Crippen molar-refractivity contribution in [3.8, 4) is 11.1 Å². The zero-order valence-corrected chi connectivity index (χ0v) is 22.5. The highest BCUT2D eigenvalue weighted by Crippen LogP contribution is 2.28. The number of aryl methyl sites for hydroxylation is 3. The Bertz CT molecular complexity index is 1600. The zero-order valence-electron chi connectivity index (χ0n) is 22.5. The Labute approximate surface area is 228 Å². The number of pyridine rings is 2. The Morgan fingerprint density at radius 1 is 0.897 bits per heavy atom. The summed E-state index contributed by atoms with van der Waals surface area (Å²) in [7, 11) is 2.06. The maximum atomic E-state index is 13.4. The number of nitrogens with one attached hydrogen (secondary N) is 1. The number of aromatic nitrogens is 2. The van der Waals surface area contributed by atoms with Crippen LogP contribution in [0.1, 0.15) is 33.7 Å². The quantitative estimate of drug-likeness (QED) is 0.179. The molecule has 5 aromatic rings. The molecule has 0 aliphatic carbocycles. The second kappa shape index (κ2) is 11.4. The van der Waals surface area contributed by atoms with Gasteiger partial charge in [-0.05, 0) is 85.8 Å². The minimum absolute atomic E-state index is 0.355. The number of anilines is 2. The van der Waals surface area contributed by atoms with Gasteiger partial charge in [0.05, 0.1) is 0 Å². The number of Topliss-reactive ketones (excluding diaryl/α,β-unsaturated/α-hetero) is 1. The smallest absolute Gasteiger partial charge is 0.298 e. The lowest BCUT2D eigenvalue weighted by atomic mass is 10.0. The highest BCUT2D eigenvalue weighted by Gasteiger charge is 2.24. The topological polar surface area (TPSA) is 66.7 Å². The first kappa shape index (κ1) is 25.9. The third-order valence-corrected chi connectivity index (χ3v) is 6.83. The largest absolute Gasteiger partial charge is 0.360 e. The fourth-order valence-electron chi connectivity index (χ4n) is 4.89. The molecule has 3 heterocycles. The van der Waals surface area contributed by atoms with E-state index in [9.17, 15) is 9.59 Å². The van der Waals surface area contributed by atoms with Gasteiger partial charge >= 0.3 is 0 Å². The van der Waals surface area contributed by atoms with E-state index in [0.29, 0.717) is 11.4 Å². The lowest BCUT2D eigenvalue weighted by Gasteiger charge is -2.19. The van der Waals surface area contributed by atoms with Gasteiger partial charge in [-0.1, -0.05) is 48.5 Å². The molecule has 0 unspecified atom stereocenters. The number of ketones is 1. The molecule has 6 heteroatoms. The van der Waals surface area contributed by atoms with Crippen LogP contribution in [0.5, 0.6) is 0 Å². The van der Waals surface area contributed by atoms with Crippen LogP contribution in [0.2, 0.25) is 0 Å². The van der Waals surface area contributed by atoms with Gasteiger partial charge in [0.2, 0.25) is 0 Å².